The smallest absolute Gasteiger partial charge is 0.410 e. The Bertz CT molecular complexity index is 824. The summed E-state index contributed by atoms with van der Waals surface area (Å²) in [6.45, 7) is 5.67. The molecule has 0 unspecified atom stereocenters. The number of hydrogen-bond acceptors (Lipinski definition) is 7. The number of unbranched alkanes of at least 4 members (excludes halogenated alkanes) is 12. The van der Waals surface area contributed by atoms with E-state index in [-0.39, 0.29) is 17.5 Å². The molecule has 0 aromatic rings. The molecule has 3 amide bonds. The fourth-order valence-corrected chi connectivity index (χ4v) is 5.58. The Morgan fingerprint density at radius 1 is 0.976 bits per heavy atom. The largest absolute Gasteiger partial charge is 0.480 e. The summed E-state index contributed by atoms with van der Waals surface area (Å²) < 4.78 is 4.99. The standard InChI is InChI=1S/C30H51N3O7S/c1-3-5-6-7-8-9-10-11-12-13-14-15-16-19-27(35)41-23-24(29(37)38)32-26(34)22-31-28(36)25-18-17-20-33(25)30(39)40-21-4-2/h4,24-25H,2-3,5-23H2,1H3,(H,31,36)(H,32,34)(H,37,38)/t24-,25-/m0/s1. The molecule has 1 saturated heterocycles. The minimum Gasteiger partial charge on any atom is -0.480 e. The van der Waals surface area contributed by atoms with Crippen molar-refractivity contribution < 1.29 is 33.8 Å². The van der Waals surface area contributed by atoms with Crippen LogP contribution in [0.2, 0.25) is 0 Å². The van der Waals surface area contributed by atoms with Crippen LogP contribution in [0.4, 0.5) is 4.79 Å². The van der Waals surface area contributed by atoms with Crippen LogP contribution in [0.25, 0.3) is 0 Å². The molecular formula is C30H51N3O7S. The number of carboxylic acids is 1. The van der Waals surface area contributed by atoms with Crippen LogP contribution in [-0.4, -0.2) is 76.5 Å². The minimum absolute atomic E-state index is 0.0303. The monoisotopic (exact) mass is 597 g/mol. The maximum absolute atomic E-state index is 12.5. The molecule has 0 spiro atoms. The summed E-state index contributed by atoms with van der Waals surface area (Å²) in [5.74, 6) is -2.54. The zero-order valence-electron chi connectivity index (χ0n) is 24.8. The first kappa shape index (κ1) is 36.5. The molecule has 0 aromatic carbocycles. The zero-order chi connectivity index (χ0) is 30.3. The average molecular weight is 598 g/mol. The molecule has 0 aliphatic carbocycles. The first-order chi connectivity index (χ1) is 19.8. The lowest BCUT2D eigenvalue weighted by molar-refractivity contribution is -0.141. The topological polar surface area (TPSA) is 142 Å². The number of carbonyl (C=O) groups is 5. The van der Waals surface area contributed by atoms with Crippen LogP contribution in [-0.2, 0) is 23.9 Å². The van der Waals surface area contributed by atoms with E-state index in [0.29, 0.717) is 25.8 Å². The third-order valence-corrected chi connectivity index (χ3v) is 8.09. The maximum atomic E-state index is 12.5. The summed E-state index contributed by atoms with van der Waals surface area (Å²) in [4.78, 5) is 62.0. The van der Waals surface area contributed by atoms with E-state index in [0.717, 1.165) is 31.0 Å². The Balaban J connectivity index is 2.18. The van der Waals surface area contributed by atoms with Gasteiger partial charge in [0, 0.05) is 18.7 Å². The average Bonchev–Trinajstić information content (AvgIpc) is 3.45. The molecule has 0 bridgehead atoms. The van der Waals surface area contributed by atoms with Gasteiger partial charge in [-0.15, -0.1) is 0 Å². The molecule has 3 N–H and O–H groups in total. The molecule has 234 valence electrons. The Morgan fingerprint density at radius 3 is 2.12 bits per heavy atom. The number of carbonyl (C=O) groups excluding carboxylic acids is 4. The van der Waals surface area contributed by atoms with E-state index in [4.69, 9.17) is 4.74 Å². The van der Waals surface area contributed by atoms with Gasteiger partial charge in [-0.05, 0) is 19.3 Å². The first-order valence-electron chi connectivity index (χ1n) is 15.3. The summed E-state index contributed by atoms with van der Waals surface area (Å²) in [7, 11) is 0. The van der Waals surface area contributed by atoms with Crippen molar-refractivity contribution in [2.24, 2.45) is 0 Å². The summed E-state index contributed by atoms with van der Waals surface area (Å²) in [6.07, 6.45) is 18.1. The van der Waals surface area contributed by atoms with Crippen LogP contribution in [0.1, 0.15) is 110 Å². The van der Waals surface area contributed by atoms with Gasteiger partial charge in [0.1, 0.15) is 18.7 Å². The summed E-state index contributed by atoms with van der Waals surface area (Å²) in [5.41, 5.74) is 0. The Labute approximate surface area is 249 Å². The van der Waals surface area contributed by atoms with Gasteiger partial charge in [-0.3, -0.25) is 19.3 Å². The van der Waals surface area contributed by atoms with Crippen molar-refractivity contribution in [1.82, 2.24) is 15.5 Å². The molecule has 1 fully saturated rings. The molecular weight excluding hydrogens is 546 g/mol. The predicted octanol–water partition coefficient (Wildman–Crippen LogP) is 5.20. The van der Waals surface area contributed by atoms with Crippen molar-refractivity contribution in [3.05, 3.63) is 12.7 Å². The first-order valence-corrected chi connectivity index (χ1v) is 16.3. The highest BCUT2D eigenvalue weighted by Crippen LogP contribution is 2.19. The van der Waals surface area contributed by atoms with Crippen molar-refractivity contribution in [3.63, 3.8) is 0 Å². The van der Waals surface area contributed by atoms with Crippen LogP contribution < -0.4 is 10.6 Å². The molecule has 0 aromatic heterocycles. The SMILES string of the molecule is C=CCOC(=O)N1CCC[C@H]1C(=O)NCC(=O)N[C@@H](CSC(=O)CCCCCCCCCCCCCCC)C(=O)O. The summed E-state index contributed by atoms with van der Waals surface area (Å²) >= 11 is 0.907. The molecule has 1 rings (SSSR count). The molecule has 1 heterocycles. The number of thioether (sulfide) groups is 1. The minimum atomic E-state index is -1.25. The molecule has 41 heavy (non-hydrogen) atoms. The van der Waals surface area contributed by atoms with Crippen LogP contribution in [0.15, 0.2) is 12.7 Å². The van der Waals surface area contributed by atoms with Crippen molar-refractivity contribution in [1.29, 1.82) is 0 Å². The van der Waals surface area contributed by atoms with Gasteiger partial charge in [0.2, 0.25) is 11.8 Å². The molecule has 10 nitrogen and oxygen atoms in total. The molecule has 11 heteroatoms. The van der Waals surface area contributed by atoms with E-state index in [2.05, 4.69) is 24.1 Å². The van der Waals surface area contributed by atoms with Gasteiger partial charge in [-0.2, -0.15) is 0 Å². The number of carboxylic acid groups (broad SMARTS) is 1. The number of rotatable bonds is 23. The van der Waals surface area contributed by atoms with Crippen molar-refractivity contribution in [2.45, 2.75) is 122 Å². The number of likely N-dealkylation sites (tertiary alicyclic amines) is 1. The van der Waals surface area contributed by atoms with E-state index in [1.807, 2.05) is 0 Å². The molecule has 0 radical (unpaired) electrons. The fraction of sp³-hybridized carbons (Fsp3) is 0.767. The van der Waals surface area contributed by atoms with E-state index in [9.17, 15) is 29.1 Å². The van der Waals surface area contributed by atoms with Crippen molar-refractivity contribution in [3.8, 4) is 0 Å². The lowest BCUT2D eigenvalue weighted by Gasteiger charge is -2.23. The van der Waals surface area contributed by atoms with Gasteiger partial charge in [0.05, 0.1) is 6.54 Å². The van der Waals surface area contributed by atoms with Crippen molar-refractivity contribution in [2.75, 3.05) is 25.4 Å². The Kier molecular flexibility index (Phi) is 20.5. The predicted molar refractivity (Wildman–Crippen MR) is 162 cm³/mol. The lowest BCUT2D eigenvalue weighted by Crippen LogP contribution is -2.50. The maximum Gasteiger partial charge on any atom is 0.410 e. The third-order valence-electron chi connectivity index (χ3n) is 7.07. The van der Waals surface area contributed by atoms with Crippen LogP contribution in [0.3, 0.4) is 0 Å². The molecule has 0 saturated carbocycles. The normalized spacial score (nSPS) is 15.2. The highest BCUT2D eigenvalue weighted by atomic mass is 32.2. The van der Waals surface area contributed by atoms with Crippen LogP contribution in [0, 0.1) is 0 Å². The highest BCUT2D eigenvalue weighted by Gasteiger charge is 2.35. The Hall–Kier alpha value is -2.56. The van der Waals surface area contributed by atoms with Crippen LogP contribution >= 0.6 is 11.8 Å². The molecule has 2 atom stereocenters. The van der Waals surface area contributed by atoms with Gasteiger partial charge in [-0.25, -0.2) is 9.59 Å². The van der Waals surface area contributed by atoms with Crippen molar-refractivity contribution >= 4 is 40.8 Å². The van der Waals surface area contributed by atoms with E-state index < -0.39 is 42.5 Å². The number of aliphatic carboxylic acids is 1. The Morgan fingerprint density at radius 2 is 1.56 bits per heavy atom. The summed E-state index contributed by atoms with van der Waals surface area (Å²) in [6, 6.07) is -2.01. The van der Waals surface area contributed by atoms with Gasteiger partial charge < -0.3 is 20.5 Å². The quantitative estimate of drug-likeness (QED) is 0.108. The lowest BCUT2D eigenvalue weighted by atomic mass is 10.0. The second-order valence-electron chi connectivity index (χ2n) is 10.6. The third kappa shape index (κ3) is 17.1. The van der Waals surface area contributed by atoms with E-state index in [1.54, 1.807) is 0 Å². The number of ether oxygens (including phenoxy) is 1. The zero-order valence-corrected chi connectivity index (χ0v) is 25.6. The molecule has 1 aliphatic rings. The van der Waals surface area contributed by atoms with E-state index in [1.165, 1.54) is 75.2 Å². The number of nitrogens with zero attached hydrogens (tertiary/aromatic N) is 1. The fourth-order valence-electron chi connectivity index (χ4n) is 4.71. The number of nitrogens with one attached hydrogen (secondary N) is 2. The van der Waals surface area contributed by atoms with E-state index >= 15 is 0 Å². The number of amides is 3. The highest BCUT2D eigenvalue weighted by molar-refractivity contribution is 8.13. The second kappa shape index (κ2) is 23.1. The van der Waals surface area contributed by atoms with Gasteiger partial charge in [-0.1, -0.05) is 108 Å². The van der Waals surface area contributed by atoms with Gasteiger partial charge in [0.15, 0.2) is 5.12 Å². The van der Waals surface area contributed by atoms with Gasteiger partial charge in [0.25, 0.3) is 0 Å². The second-order valence-corrected chi connectivity index (χ2v) is 11.6. The number of hydrogen-bond donors (Lipinski definition) is 3. The summed E-state index contributed by atoms with van der Waals surface area (Å²) in [5, 5.41) is 14.2. The van der Waals surface area contributed by atoms with Crippen LogP contribution in [0.5, 0.6) is 0 Å². The molecule has 1 aliphatic heterocycles. The van der Waals surface area contributed by atoms with Gasteiger partial charge >= 0.3 is 12.1 Å².